The zero-order valence-electron chi connectivity index (χ0n) is 15.7. The van der Waals surface area contributed by atoms with Crippen LogP contribution in [0.15, 0.2) is 65.8 Å². The van der Waals surface area contributed by atoms with Crippen LogP contribution >= 0.6 is 11.8 Å². The number of amides is 1. The molecule has 2 N–H and O–H groups in total. The molecule has 0 fully saturated rings. The number of hydrogen-bond donors (Lipinski definition) is 2. The van der Waals surface area contributed by atoms with Gasteiger partial charge in [-0.05, 0) is 12.0 Å². The quantitative estimate of drug-likeness (QED) is 0.626. The fourth-order valence-electron chi connectivity index (χ4n) is 3.23. The normalized spacial score (nSPS) is 18.2. The van der Waals surface area contributed by atoms with Gasteiger partial charge in [0.05, 0.1) is 6.04 Å². The van der Waals surface area contributed by atoms with Gasteiger partial charge in [-0.25, -0.2) is 4.68 Å². The highest BCUT2D eigenvalue weighted by Gasteiger charge is 2.37. The van der Waals surface area contributed by atoms with Crippen molar-refractivity contribution in [3.05, 3.63) is 66.2 Å². The van der Waals surface area contributed by atoms with Crippen LogP contribution < -0.4 is 10.7 Å². The van der Waals surface area contributed by atoms with Crippen molar-refractivity contribution in [3.63, 3.8) is 0 Å². The maximum atomic E-state index is 12.9. The molecule has 3 aromatic rings. The van der Waals surface area contributed by atoms with Crippen LogP contribution in [0.5, 0.6) is 0 Å². The van der Waals surface area contributed by atoms with Crippen molar-refractivity contribution in [1.29, 1.82) is 0 Å². The second-order valence-corrected chi connectivity index (χ2v) is 7.82. The van der Waals surface area contributed by atoms with Crippen molar-refractivity contribution in [3.8, 4) is 11.4 Å². The third-order valence-corrected chi connectivity index (χ3v) is 5.93. The second-order valence-electron chi connectivity index (χ2n) is 6.71. The molecule has 7 heteroatoms. The number of carbonyl (C=O) groups excluding carboxylic acids is 1. The molecule has 0 saturated heterocycles. The predicted molar refractivity (Wildman–Crippen MR) is 112 cm³/mol. The molecule has 1 aliphatic rings. The standard InChI is InChI=1S/C21H23N5OS/c1-2-3-14-22-20(27)18-17(15-10-6-4-7-11-15)25-26-19(23-24-21(26)28-18)16-12-8-5-9-13-16/h4-13,17-18,25H,2-3,14H2,1H3,(H,22,27). The number of benzene rings is 2. The van der Waals surface area contributed by atoms with Crippen molar-refractivity contribution in [1.82, 2.24) is 20.2 Å². The molecule has 6 nitrogen and oxygen atoms in total. The molecule has 0 spiro atoms. The predicted octanol–water partition coefficient (Wildman–Crippen LogP) is 3.62. The molecule has 2 atom stereocenters. The van der Waals surface area contributed by atoms with Gasteiger partial charge < -0.3 is 10.7 Å². The van der Waals surface area contributed by atoms with Gasteiger partial charge in [0.25, 0.3) is 0 Å². The molecule has 144 valence electrons. The molecule has 0 bridgehead atoms. The molecular formula is C21H23N5OS. The van der Waals surface area contributed by atoms with Gasteiger partial charge in [0.15, 0.2) is 5.82 Å². The van der Waals surface area contributed by atoms with Crippen molar-refractivity contribution in [2.45, 2.75) is 36.2 Å². The first kappa shape index (κ1) is 18.6. The first-order chi connectivity index (χ1) is 13.8. The third-order valence-electron chi connectivity index (χ3n) is 4.72. The van der Waals surface area contributed by atoms with Crippen molar-refractivity contribution >= 4 is 17.7 Å². The maximum absolute atomic E-state index is 12.9. The Kier molecular flexibility index (Phi) is 5.62. The van der Waals surface area contributed by atoms with Crippen LogP contribution in [0.4, 0.5) is 0 Å². The highest BCUT2D eigenvalue weighted by Crippen LogP contribution is 2.38. The molecule has 28 heavy (non-hydrogen) atoms. The number of hydrogen-bond acceptors (Lipinski definition) is 5. The molecule has 2 unspecified atom stereocenters. The molecule has 0 aliphatic carbocycles. The lowest BCUT2D eigenvalue weighted by Crippen LogP contribution is -2.44. The first-order valence-corrected chi connectivity index (χ1v) is 10.4. The number of nitrogens with one attached hydrogen (secondary N) is 2. The van der Waals surface area contributed by atoms with Crippen LogP contribution in [0.25, 0.3) is 11.4 Å². The van der Waals surface area contributed by atoms with Crippen LogP contribution in [0.2, 0.25) is 0 Å². The summed E-state index contributed by atoms with van der Waals surface area (Å²) >= 11 is 1.46. The topological polar surface area (TPSA) is 71.8 Å². The monoisotopic (exact) mass is 393 g/mol. The van der Waals surface area contributed by atoms with Gasteiger partial charge in [0.1, 0.15) is 5.25 Å². The minimum absolute atomic E-state index is 0.0234. The third kappa shape index (κ3) is 3.75. The Hall–Kier alpha value is -2.80. The van der Waals surface area contributed by atoms with Gasteiger partial charge in [0.2, 0.25) is 11.1 Å². The van der Waals surface area contributed by atoms with E-state index in [1.807, 2.05) is 65.3 Å². The summed E-state index contributed by atoms with van der Waals surface area (Å²) in [7, 11) is 0. The fraction of sp³-hybridized carbons (Fsp3) is 0.286. The van der Waals surface area contributed by atoms with Gasteiger partial charge >= 0.3 is 0 Å². The molecule has 2 heterocycles. The average Bonchev–Trinajstić information content (AvgIpc) is 3.17. The molecule has 4 rings (SSSR count). The van der Waals surface area contributed by atoms with Crippen molar-refractivity contribution in [2.75, 3.05) is 12.0 Å². The lowest BCUT2D eigenvalue weighted by atomic mass is 10.0. The van der Waals surface area contributed by atoms with E-state index in [1.54, 1.807) is 0 Å². The van der Waals surface area contributed by atoms with E-state index in [0.717, 1.165) is 29.8 Å². The zero-order chi connectivity index (χ0) is 19.3. The van der Waals surface area contributed by atoms with Crippen molar-refractivity contribution < 1.29 is 4.79 Å². The van der Waals surface area contributed by atoms with E-state index in [2.05, 4.69) is 27.9 Å². The molecule has 2 aromatic carbocycles. The minimum Gasteiger partial charge on any atom is -0.355 e. The Morgan fingerprint density at radius 2 is 1.82 bits per heavy atom. The summed E-state index contributed by atoms with van der Waals surface area (Å²) in [6, 6.07) is 19.8. The molecule has 1 amide bonds. The first-order valence-electron chi connectivity index (χ1n) is 9.54. The molecule has 1 aromatic heterocycles. The number of unbranched alkanes of at least 4 members (excludes halogenated alkanes) is 1. The van der Waals surface area contributed by atoms with E-state index in [1.165, 1.54) is 11.8 Å². The van der Waals surface area contributed by atoms with Crippen LogP contribution in [0, 0.1) is 0 Å². The SMILES string of the molecule is CCCCNC(=O)C1Sc2nnc(-c3ccccc3)n2NC1c1ccccc1. The van der Waals surface area contributed by atoms with Crippen LogP contribution in [-0.4, -0.2) is 32.6 Å². The van der Waals surface area contributed by atoms with Gasteiger partial charge in [-0.3, -0.25) is 4.79 Å². The number of thioether (sulfide) groups is 1. The van der Waals surface area contributed by atoms with Crippen LogP contribution in [-0.2, 0) is 4.79 Å². The van der Waals surface area contributed by atoms with Gasteiger partial charge in [-0.1, -0.05) is 85.8 Å². The van der Waals surface area contributed by atoms with Gasteiger partial charge in [-0.15, -0.1) is 10.2 Å². The molecular weight excluding hydrogens is 370 g/mol. The van der Waals surface area contributed by atoms with E-state index in [-0.39, 0.29) is 17.2 Å². The van der Waals surface area contributed by atoms with E-state index >= 15 is 0 Å². The number of carbonyl (C=O) groups is 1. The minimum atomic E-state index is -0.320. The summed E-state index contributed by atoms with van der Waals surface area (Å²) in [6.45, 7) is 2.80. The highest BCUT2D eigenvalue weighted by molar-refractivity contribution is 8.00. The van der Waals surface area contributed by atoms with Gasteiger partial charge in [0, 0.05) is 12.1 Å². The van der Waals surface area contributed by atoms with Crippen LogP contribution in [0.1, 0.15) is 31.4 Å². The van der Waals surface area contributed by atoms with Crippen molar-refractivity contribution in [2.24, 2.45) is 0 Å². The average molecular weight is 394 g/mol. The number of nitrogens with zero attached hydrogens (tertiary/aromatic N) is 3. The lowest BCUT2D eigenvalue weighted by molar-refractivity contribution is -0.120. The Labute approximate surface area is 168 Å². The summed E-state index contributed by atoms with van der Waals surface area (Å²) < 4.78 is 1.90. The Bertz CT molecular complexity index is 928. The molecule has 1 aliphatic heterocycles. The zero-order valence-corrected chi connectivity index (χ0v) is 16.5. The smallest absolute Gasteiger partial charge is 0.236 e. The lowest BCUT2D eigenvalue weighted by Gasteiger charge is -2.33. The van der Waals surface area contributed by atoms with Crippen LogP contribution in [0.3, 0.4) is 0 Å². The highest BCUT2D eigenvalue weighted by atomic mass is 32.2. The van der Waals surface area contributed by atoms with Gasteiger partial charge in [-0.2, -0.15) is 0 Å². The Morgan fingerprint density at radius 3 is 2.54 bits per heavy atom. The second kappa shape index (κ2) is 8.48. The summed E-state index contributed by atoms with van der Waals surface area (Å²) in [5.74, 6) is 0.768. The summed E-state index contributed by atoms with van der Waals surface area (Å²) in [5, 5.41) is 12.1. The Morgan fingerprint density at radius 1 is 1.11 bits per heavy atom. The fourth-order valence-corrected chi connectivity index (χ4v) is 4.33. The molecule has 0 saturated carbocycles. The maximum Gasteiger partial charge on any atom is 0.236 e. The van der Waals surface area contributed by atoms with E-state index in [4.69, 9.17) is 0 Å². The molecule has 0 radical (unpaired) electrons. The Balaban J connectivity index is 1.67. The largest absolute Gasteiger partial charge is 0.355 e. The van der Waals surface area contributed by atoms with E-state index in [0.29, 0.717) is 11.7 Å². The van der Waals surface area contributed by atoms with E-state index in [9.17, 15) is 4.79 Å². The number of rotatable bonds is 6. The number of fused-ring (bicyclic) bond motifs is 1. The summed E-state index contributed by atoms with van der Waals surface area (Å²) in [6.07, 6.45) is 2.02. The number of aromatic nitrogens is 3. The van der Waals surface area contributed by atoms with E-state index < -0.39 is 0 Å². The summed E-state index contributed by atoms with van der Waals surface area (Å²) in [5.41, 5.74) is 5.53. The summed E-state index contributed by atoms with van der Waals surface area (Å²) in [4.78, 5) is 12.9.